The minimum absolute atomic E-state index is 0.0788. The lowest BCUT2D eigenvalue weighted by Gasteiger charge is -2.37. The third-order valence-electron chi connectivity index (χ3n) is 7.69. The molecule has 10 heteroatoms. The van der Waals surface area contributed by atoms with Crippen LogP contribution in [0.25, 0.3) is 11.2 Å². The maximum Gasteiger partial charge on any atom is 0.255 e. The molecule has 186 valence electrons. The first-order valence-electron chi connectivity index (χ1n) is 12.9. The Labute approximate surface area is 203 Å². The Morgan fingerprint density at radius 1 is 1.06 bits per heavy atom. The lowest BCUT2D eigenvalue weighted by molar-refractivity contribution is -0.144. The van der Waals surface area contributed by atoms with Gasteiger partial charge in [-0.1, -0.05) is 0 Å². The molecule has 4 aliphatic rings. The van der Waals surface area contributed by atoms with Crippen molar-refractivity contribution >= 4 is 28.9 Å². The summed E-state index contributed by atoms with van der Waals surface area (Å²) in [6.07, 6.45) is 9.03. The summed E-state index contributed by atoms with van der Waals surface area (Å²) in [5, 5.41) is 3.01. The number of hydrogen-bond acceptors (Lipinski definition) is 6. The topological polar surface area (TPSA) is 121 Å². The zero-order valence-corrected chi connectivity index (χ0v) is 19.9. The molecule has 2 N–H and O–H groups in total. The average molecular weight is 481 g/mol. The van der Waals surface area contributed by atoms with E-state index in [2.05, 4.69) is 15.3 Å². The third-order valence-corrected chi connectivity index (χ3v) is 7.69. The number of ether oxygens (including phenoxy) is 1. The monoisotopic (exact) mass is 480 g/mol. The number of rotatable bonds is 6. The van der Waals surface area contributed by atoms with Crippen molar-refractivity contribution in [1.29, 1.82) is 0 Å². The summed E-state index contributed by atoms with van der Waals surface area (Å²) >= 11 is 0. The van der Waals surface area contributed by atoms with Crippen molar-refractivity contribution in [3.05, 3.63) is 23.7 Å². The van der Waals surface area contributed by atoms with Crippen LogP contribution in [0.3, 0.4) is 0 Å². The van der Waals surface area contributed by atoms with Crippen molar-refractivity contribution in [2.24, 2.45) is 11.8 Å². The molecule has 0 bridgehead atoms. The molecular formula is C25H32N6O4. The molecule has 4 heterocycles. The molecule has 10 nitrogen and oxygen atoms in total. The fourth-order valence-corrected chi connectivity index (χ4v) is 5.30. The number of aromatic nitrogens is 3. The van der Waals surface area contributed by atoms with Crippen molar-refractivity contribution in [3.63, 3.8) is 0 Å². The zero-order valence-electron chi connectivity index (χ0n) is 19.9. The van der Waals surface area contributed by atoms with Gasteiger partial charge in [-0.25, -0.2) is 9.97 Å². The van der Waals surface area contributed by atoms with Crippen molar-refractivity contribution < 1.29 is 19.1 Å². The van der Waals surface area contributed by atoms with E-state index < -0.39 is 6.04 Å². The molecule has 2 atom stereocenters. The number of likely N-dealkylation sites (tertiary alicyclic amines) is 1. The molecule has 2 saturated heterocycles. The van der Waals surface area contributed by atoms with Crippen LogP contribution in [0.2, 0.25) is 0 Å². The number of piperidine rings is 1. The van der Waals surface area contributed by atoms with Crippen LogP contribution in [0.5, 0.6) is 0 Å². The van der Waals surface area contributed by atoms with E-state index in [1.165, 1.54) is 0 Å². The summed E-state index contributed by atoms with van der Waals surface area (Å²) in [4.78, 5) is 55.7. The van der Waals surface area contributed by atoms with Gasteiger partial charge < -0.3 is 24.8 Å². The summed E-state index contributed by atoms with van der Waals surface area (Å²) in [6, 6.07) is -0.579. The summed E-state index contributed by atoms with van der Waals surface area (Å²) in [5.74, 6) is 0.116. The molecule has 2 aliphatic carbocycles. The van der Waals surface area contributed by atoms with Gasteiger partial charge in [0.1, 0.15) is 11.6 Å². The highest BCUT2D eigenvalue weighted by atomic mass is 16.5. The van der Waals surface area contributed by atoms with Gasteiger partial charge >= 0.3 is 0 Å². The third kappa shape index (κ3) is 4.63. The summed E-state index contributed by atoms with van der Waals surface area (Å²) < 4.78 is 5.37. The van der Waals surface area contributed by atoms with Gasteiger partial charge in [0.25, 0.3) is 5.91 Å². The van der Waals surface area contributed by atoms with Crippen molar-refractivity contribution in [3.8, 4) is 0 Å². The molecule has 2 aromatic heterocycles. The molecule has 2 aliphatic heterocycles. The molecule has 0 radical (unpaired) electrons. The molecule has 35 heavy (non-hydrogen) atoms. The fraction of sp³-hybridized carbons (Fsp3) is 0.640. The van der Waals surface area contributed by atoms with E-state index in [0.717, 1.165) is 44.2 Å². The van der Waals surface area contributed by atoms with Gasteiger partial charge in [-0.05, 0) is 44.4 Å². The normalized spacial score (nSPS) is 23.8. The second-order valence-electron chi connectivity index (χ2n) is 10.3. The highest BCUT2D eigenvalue weighted by molar-refractivity contribution is 6.06. The van der Waals surface area contributed by atoms with Gasteiger partial charge in [0.15, 0.2) is 5.65 Å². The minimum Gasteiger partial charge on any atom is -0.378 e. The van der Waals surface area contributed by atoms with Crippen LogP contribution in [0.15, 0.2) is 12.4 Å². The van der Waals surface area contributed by atoms with E-state index >= 15 is 0 Å². The predicted molar refractivity (Wildman–Crippen MR) is 127 cm³/mol. The van der Waals surface area contributed by atoms with E-state index in [1.54, 1.807) is 17.3 Å². The standard InChI is InChI=1S/C25H32N6O4/c32-23(18-12-26-22-21(18)28-19(13-27-22)15-3-4-15)29-20(16-5-6-16)25(34)31-7-1-2-17(14-31)24(33)30-8-10-35-11-9-30/h12-13,15-17,20H,1-11,14H2,(H,26,27)(H,29,32)/t17-,20+/m0/s1. The average Bonchev–Trinajstić information content (AvgIpc) is 3.84. The van der Waals surface area contributed by atoms with E-state index in [4.69, 9.17) is 9.72 Å². The minimum atomic E-state index is -0.579. The van der Waals surface area contributed by atoms with Gasteiger partial charge in [-0.15, -0.1) is 0 Å². The first-order valence-corrected chi connectivity index (χ1v) is 12.9. The highest BCUT2D eigenvalue weighted by Gasteiger charge is 2.42. The predicted octanol–water partition coefficient (Wildman–Crippen LogP) is 1.44. The number of nitrogens with zero attached hydrogens (tertiary/aromatic N) is 4. The number of amides is 3. The number of morpholine rings is 1. The van der Waals surface area contributed by atoms with E-state index in [-0.39, 0.29) is 29.6 Å². The number of fused-ring (bicyclic) bond motifs is 1. The molecule has 3 amide bonds. The molecule has 4 fully saturated rings. The maximum absolute atomic E-state index is 13.6. The first-order chi connectivity index (χ1) is 17.1. The Morgan fingerprint density at radius 3 is 2.60 bits per heavy atom. The molecule has 0 unspecified atom stereocenters. The van der Waals surface area contributed by atoms with Crippen LogP contribution in [0.4, 0.5) is 0 Å². The largest absolute Gasteiger partial charge is 0.378 e. The van der Waals surface area contributed by atoms with Crippen LogP contribution in [-0.2, 0) is 14.3 Å². The lowest BCUT2D eigenvalue weighted by Crippen LogP contribution is -2.54. The Hall–Kier alpha value is -3.01. The second-order valence-corrected chi connectivity index (χ2v) is 10.3. The smallest absolute Gasteiger partial charge is 0.255 e. The quantitative estimate of drug-likeness (QED) is 0.646. The molecule has 6 rings (SSSR count). The van der Waals surface area contributed by atoms with E-state index in [0.29, 0.717) is 62.0 Å². The number of carbonyl (C=O) groups excluding carboxylic acids is 3. The van der Waals surface area contributed by atoms with Crippen LogP contribution < -0.4 is 5.32 Å². The number of carbonyl (C=O) groups is 3. The number of hydrogen-bond donors (Lipinski definition) is 2. The van der Waals surface area contributed by atoms with Crippen LogP contribution in [0, 0.1) is 11.8 Å². The Bertz CT molecular complexity index is 1130. The fourth-order valence-electron chi connectivity index (χ4n) is 5.30. The highest BCUT2D eigenvalue weighted by Crippen LogP contribution is 2.39. The van der Waals surface area contributed by atoms with E-state index in [1.807, 2.05) is 4.90 Å². The number of aromatic amines is 1. The van der Waals surface area contributed by atoms with Crippen molar-refractivity contribution in [2.75, 3.05) is 39.4 Å². The molecule has 2 aromatic rings. The van der Waals surface area contributed by atoms with Crippen molar-refractivity contribution in [1.82, 2.24) is 30.1 Å². The zero-order chi connectivity index (χ0) is 23.9. The van der Waals surface area contributed by atoms with Crippen LogP contribution in [0.1, 0.15) is 60.5 Å². The van der Waals surface area contributed by atoms with Gasteiger partial charge in [0.2, 0.25) is 11.8 Å². The first kappa shape index (κ1) is 22.5. The van der Waals surface area contributed by atoms with E-state index in [9.17, 15) is 14.4 Å². The van der Waals surface area contributed by atoms with Gasteiger partial charge in [-0.3, -0.25) is 14.4 Å². The Morgan fingerprint density at radius 2 is 1.86 bits per heavy atom. The van der Waals surface area contributed by atoms with Gasteiger partial charge in [0, 0.05) is 38.3 Å². The summed E-state index contributed by atoms with van der Waals surface area (Å²) in [7, 11) is 0. The Balaban J connectivity index is 1.15. The number of nitrogens with one attached hydrogen (secondary N) is 2. The van der Waals surface area contributed by atoms with Crippen LogP contribution in [-0.4, -0.2) is 87.9 Å². The van der Waals surface area contributed by atoms with Gasteiger partial charge in [-0.2, -0.15) is 0 Å². The maximum atomic E-state index is 13.6. The molecule has 0 aromatic carbocycles. The SMILES string of the molecule is O=C(N[C@@H](C(=O)N1CCC[C@H](C(=O)N2CCOCC2)C1)C1CC1)c1c[nH]c2ncc(C3CC3)nc12. The Kier molecular flexibility index (Phi) is 5.91. The summed E-state index contributed by atoms with van der Waals surface area (Å²) in [5.41, 5.74) is 2.48. The summed E-state index contributed by atoms with van der Waals surface area (Å²) in [6.45, 7) is 3.39. The second kappa shape index (κ2) is 9.22. The lowest BCUT2D eigenvalue weighted by atomic mass is 9.95. The van der Waals surface area contributed by atoms with Crippen LogP contribution >= 0.6 is 0 Å². The number of H-pyrrole nitrogens is 1. The molecular weight excluding hydrogens is 448 g/mol. The molecule has 2 saturated carbocycles. The van der Waals surface area contributed by atoms with Gasteiger partial charge in [0.05, 0.1) is 36.6 Å². The molecule has 0 spiro atoms. The van der Waals surface area contributed by atoms with Crippen molar-refractivity contribution in [2.45, 2.75) is 50.5 Å².